The van der Waals surface area contributed by atoms with Crippen LogP contribution >= 0.6 is 0 Å². The quantitative estimate of drug-likeness (QED) is 0.293. The van der Waals surface area contributed by atoms with E-state index in [0.717, 1.165) is 6.07 Å². The van der Waals surface area contributed by atoms with Crippen molar-refractivity contribution in [2.45, 2.75) is 95.1 Å². The Morgan fingerprint density at radius 3 is 2.42 bits per heavy atom. The number of nitriles is 1. The van der Waals surface area contributed by atoms with E-state index in [2.05, 4.69) is 21.4 Å². The summed E-state index contributed by atoms with van der Waals surface area (Å²) in [7, 11) is 0. The maximum absolute atomic E-state index is 16.0. The predicted octanol–water partition coefficient (Wildman–Crippen LogP) is 6.98. The van der Waals surface area contributed by atoms with Crippen LogP contribution in [-0.4, -0.2) is 45.0 Å². The number of aromatic nitrogens is 3. The summed E-state index contributed by atoms with van der Waals surface area (Å²) in [6, 6.07) is 7.02. The second kappa shape index (κ2) is 11.6. The summed E-state index contributed by atoms with van der Waals surface area (Å²) in [5.74, 6) is -8.09. The van der Waals surface area contributed by atoms with Gasteiger partial charge in [-0.05, 0) is 71.5 Å². The van der Waals surface area contributed by atoms with Crippen molar-refractivity contribution in [2.24, 2.45) is 5.92 Å². The Morgan fingerprint density at radius 2 is 1.73 bits per heavy atom. The molecule has 7 nitrogen and oxygen atoms in total. The molecule has 0 radical (unpaired) electrons. The summed E-state index contributed by atoms with van der Waals surface area (Å²) in [5, 5.41) is 13.6. The van der Waals surface area contributed by atoms with Crippen LogP contribution < -0.4 is 10.9 Å². The van der Waals surface area contributed by atoms with Crippen molar-refractivity contribution < 1.29 is 22.0 Å². The summed E-state index contributed by atoms with van der Waals surface area (Å²) < 4.78 is 79.0. The molecule has 8 bridgehead atoms. The molecule has 0 amide bonds. The molecule has 1 saturated heterocycles. The van der Waals surface area contributed by atoms with Gasteiger partial charge in [-0.3, -0.25) is 14.3 Å². The molecule has 1 aliphatic carbocycles. The molecule has 4 aliphatic rings. The van der Waals surface area contributed by atoms with Gasteiger partial charge >= 0.3 is 0 Å². The molecule has 3 aliphatic heterocycles. The number of rotatable bonds is 1. The molecule has 3 aromatic rings. The number of anilines is 1. The van der Waals surface area contributed by atoms with E-state index in [1.54, 1.807) is 19.9 Å². The van der Waals surface area contributed by atoms with E-state index in [0.29, 0.717) is 48.1 Å². The Bertz CT molecular complexity index is 1700. The maximum Gasteiger partial charge on any atom is 0.278 e. The number of hydrogen-bond donors (Lipinski definition) is 1. The molecule has 0 unspecified atom stereocenters. The van der Waals surface area contributed by atoms with Crippen molar-refractivity contribution in [3.8, 4) is 6.07 Å². The molecule has 2 aromatic heterocycles. The lowest BCUT2D eigenvalue weighted by atomic mass is 9.85. The number of piperidine rings is 1. The highest BCUT2D eigenvalue weighted by atomic mass is 19.3. The van der Waals surface area contributed by atoms with Gasteiger partial charge in [0, 0.05) is 30.0 Å². The molecule has 240 valence electrons. The molecule has 45 heavy (non-hydrogen) atoms. The summed E-state index contributed by atoms with van der Waals surface area (Å²) in [6.45, 7) is 3.16. The maximum atomic E-state index is 16.0. The fourth-order valence-electron chi connectivity index (χ4n) is 6.91. The average Bonchev–Trinajstić information content (AvgIpc) is 3.78. The lowest BCUT2D eigenvalue weighted by Crippen LogP contribution is -2.44. The molecule has 1 atom stereocenters. The van der Waals surface area contributed by atoms with Crippen LogP contribution in [0.5, 0.6) is 0 Å². The standard InChI is InChI=1S/C33H37F5N6O/c1-20-23-7-6-8-25(27(23)34)33(37,38)22-9-15-43(16-10-22)19-32(35,36)11-4-3-5-14-44-29-24(28(40-20)41-21(2)42-29)17-26(30(44)45)31(18-39)12-13-31/h6-8,17,20,22H,3-5,9-16,19H2,1-2H3,(H,40,41,42)/t20-/m1/s1. The zero-order valence-corrected chi connectivity index (χ0v) is 25.5. The number of alkyl halides is 4. The van der Waals surface area contributed by atoms with Crippen molar-refractivity contribution in [2.75, 3.05) is 25.0 Å². The van der Waals surface area contributed by atoms with E-state index in [9.17, 15) is 18.8 Å². The summed E-state index contributed by atoms with van der Waals surface area (Å²) in [6.07, 6.45) is 1.75. The van der Waals surface area contributed by atoms with Crippen LogP contribution in [0.2, 0.25) is 0 Å². The third kappa shape index (κ3) is 5.91. The highest BCUT2D eigenvalue weighted by molar-refractivity contribution is 5.88. The SMILES string of the molecule is Cc1nc2c3cc(C4(C#N)CC4)c(=O)n(c3n1)CCCCCC(F)(F)CN1CCC(CC1)C(F)(F)c1cccc(c1F)[C@@H](C)N2. The molecule has 1 saturated carbocycles. The Labute approximate surface area is 258 Å². The Morgan fingerprint density at radius 1 is 1.00 bits per heavy atom. The van der Waals surface area contributed by atoms with Gasteiger partial charge in [0.25, 0.3) is 17.4 Å². The number of pyridine rings is 1. The van der Waals surface area contributed by atoms with Gasteiger partial charge in [0.2, 0.25) is 0 Å². The third-order valence-electron chi connectivity index (χ3n) is 9.72. The Hall–Kier alpha value is -3.59. The van der Waals surface area contributed by atoms with Crippen LogP contribution in [0.25, 0.3) is 11.0 Å². The minimum absolute atomic E-state index is 0.0174. The van der Waals surface area contributed by atoms with Gasteiger partial charge in [-0.25, -0.2) is 31.9 Å². The fraction of sp³-hybridized carbons (Fsp3) is 0.576. The van der Waals surface area contributed by atoms with Crippen LogP contribution in [0.4, 0.5) is 27.8 Å². The van der Waals surface area contributed by atoms with Crippen LogP contribution in [0.3, 0.4) is 0 Å². The van der Waals surface area contributed by atoms with Gasteiger partial charge in [-0.15, -0.1) is 0 Å². The number of aryl methyl sites for hydroxylation is 2. The van der Waals surface area contributed by atoms with Gasteiger partial charge in [-0.1, -0.05) is 24.6 Å². The van der Waals surface area contributed by atoms with Crippen LogP contribution in [0.15, 0.2) is 29.1 Å². The van der Waals surface area contributed by atoms with Crippen molar-refractivity contribution in [3.05, 3.63) is 63.0 Å². The molecule has 0 spiro atoms. The van der Waals surface area contributed by atoms with Crippen LogP contribution in [-0.2, 0) is 17.9 Å². The first kappa shape index (κ1) is 31.4. The van der Waals surface area contributed by atoms with E-state index in [1.165, 1.54) is 21.6 Å². The smallest absolute Gasteiger partial charge is 0.278 e. The monoisotopic (exact) mass is 628 g/mol. The number of nitrogens with one attached hydrogen (secondary N) is 1. The average molecular weight is 629 g/mol. The van der Waals surface area contributed by atoms with Gasteiger partial charge in [0.05, 0.1) is 35.0 Å². The van der Waals surface area contributed by atoms with Gasteiger partial charge in [-0.2, -0.15) is 5.26 Å². The second-order valence-corrected chi connectivity index (χ2v) is 13.0. The highest BCUT2D eigenvalue weighted by Crippen LogP contribution is 2.47. The van der Waals surface area contributed by atoms with Gasteiger partial charge in [0.1, 0.15) is 23.1 Å². The predicted molar refractivity (Wildman–Crippen MR) is 160 cm³/mol. The summed E-state index contributed by atoms with van der Waals surface area (Å²) >= 11 is 0. The minimum atomic E-state index is -3.49. The third-order valence-corrected chi connectivity index (χ3v) is 9.72. The first-order valence-electron chi connectivity index (χ1n) is 15.7. The molecule has 12 heteroatoms. The second-order valence-electron chi connectivity index (χ2n) is 13.0. The molecular weight excluding hydrogens is 591 g/mol. The number of hydrogen-bond acceptors (Lipinski definition) is 6. The van der Waals surface area contributed by atoms with Crippen molar-refractivity contribution >= 4 is 16.9 Å². The van der Waals surface area contributed by atoms with Gasteiger partial charge in [0.15, 0.2) is 0 Å². The molecule has 1 N–H and O–H groups in total. The lowest BCUT2D eigenvalue weighted by molar-refractivity contribution is -0.0992. The van der Waals surface area contributed by atoms with Crippen LogP contribution in [0, 0.1) is 30.0 Å². The zero-order chi connectivity index (χ0) is 32.1. The largest absolute Gasteiger partial charge is 0.363 e. The van der Waals surface area contributed by atoms with E-state index in [4.69, 9.17) is 0 Å². The van der Waals surface area contributed by atoms with E-state index in [1.807, 2.05) is 0 Å². The topological polar surface area (TPSA) is 86.8 Å². The Balaban J connectivity index is 1.46. The normalized spacial score (nSPS) is 26.0. The Kier molecular flexibility index (Phi) is 8.13. The molecule has 1 aromatic carbocycles. The number of fused-ring (bicyclic) bond motifs is 9. The minimum Gasteiger partial charge on any atom is -0.363 e. The van der Waals surface area contributed by atoms with E-state index in [-0.39, 0.29) is 62.3 Å². The summed E-state index contributed by atoms with van der Waals surface area (Å²) in [5.41, 5.74) is -1.37. The van der Waals surface area contributed by atoms with Crippen molar-refractivity contribution in [3.63, 3.8) is 0 Å². The molecule has 2 fully saturated rings. The van der Waals surface area contributed by atoms with Crippen molar-refractivity contribution in [1.29, 1.82) is 5.26 Å². The zero-order valence-electron chi connectivity index (χ0n) is 25.5. The molecule has 7 rings (SSSR count). The van der Waals surface area contributed by atoms with E-state index < -0.39 is 47.1 Å². The van der Waals surface area contributed by atoms with Crippen LogP contribution in [0.1, 0.15) is 86.8 Å². The van der Waals surface area contributed by atoms with Gasteiger partial charge < -0.3 is 5.32 Å². The fourth-order valence-corrected chi connectivity index (χ4v) is 6.91. The number of nitrogens with zero attached hydrogens (tertiary/aromatic N) is 5. The lowest BCUT2D eigenvalue weighted by Gasteiger charge is -2.37. The molecule has 5 heterocycles. The first-order chi connectivity index (χ1) is 21.3. The first-order valence-corrected chi connectivity index (χ1v) is 15.7. The summed E-state index contributed by atoms with van der Waals surface area (Å²) in [4.78, 5) is 24.4. The van der Waals surface area contributed by atoms with Crippen molar-refractivity contribution in [1.82, 2.24) is 19.4 Å². The number of halogens is 5. The van der Waals surface area contributed by atoms with E-state index >= 15 is 13.2 Å². The highest BCUT2D eigenvalue weighted by Gasteiger charge is 2.48. The number of benzene rings is 1. The molecular formula is C33H37F5N6O.